The molecule has 0 saturated heterocycles. The van der Waals surface area contributed by atoms with Crippen molar-refractivity contribution >= 4 is 115 Å². The van der Waals surface area contributed by atoms with Crippen molar-refractivity contribution in [1.82, 2.24) is 4.57 Å². The summed E-state index contributed by atoms with van der Waals surface area (Å²) in [4.78, 5) is 11.3. The number of amidine groups is 1. The van der Waals surface area contributed by atoms with Gasteiger partial charge in [-0.2, -0.15) is 0 Å². The Labute approximate surface area is 379 Å². The number of hydrogen-bond donors (Lipinski definition) is 0. The first-order valence-corrected chi connectivity index (χ1v) is 22.7. The molecule has 4 nitrogen and oxygen atoms in total. The van der Waals surface area contributed by atoms with E-state index in [2.05, 4.69) is 218 Å². The summed E-state index contributed by atoms with van der Waals surface area (Å²) in [5.74, 6) is 0.678. The number of allylic oxidation sites excluding steroid dienone is 1. The first-order chi connectivity index (χ1) is 32.6. The highest BCUT2D eigenvalue weighted by molar-refractivity contribution is 6.23. The largest absolute Gasteiger partial charge is 0.454 e. The quantitative estimate of drug-likeness (QED) is 0.174. The van der Waals surface area contributed by atoms with Gasteiger partial charge in [-0.25, -0.2) is 9.98 Å². The molecule has 0 atom stereocenters. The second-order valence-corrected chi connectivity index (χ2v) is 17.8. The van der Waals surface area contributed by atoms with Gasteiger partial charge in [0.15, 0.2) is 11.4 Å². The van der Waals surface area contributed by atoms with Gasteiger partial charge in [-0.1, -0.05) is 152 Å². The van der Waals surface area contributed by atoms with Gasteiger partial charge in [0.05, 0.1) is 28.1 Å². The van der Waals surface area contributed by atoms with E-state index in [4.69, 9.17) is 14.4 Å². The smallest absolute Gasteiger partial charge is 0.160 e. The first-order valence-electron chi connectivity index (χ1n) is 22.7. The van der Waals surface area contributed by atoms with Crippen LogP contribution in [-0.4, -0.2) is 16.1 Å². The van der Waals surface area contributed by atoms with Crippen LogP contribution in [0.15, 0.2) is 226 Å². The van der Waals surface area contributed by atoms with Crippen LogP contribution >= 0.6 is 0 Å². The number of aromatic nitrogens is 1. The third-order valence-corrected chi connectivity index (χ3v) is 13.8. The third kappa shape index (κ3) is 5.71. The highest BCUT2D eigenvalue weighted by atomic mass is 16.3. The number of nitrogens with zero attached hydrogens (tertiary/aromatic N) is 3. The van der Waals surface area contributed by atoms with Crippen LogP contribution in [0.1, 0.15) is 30.0 Å². The van der Waals surface area contributed by atoms with Gasteiger partial charge < -0.3 is 8.98 Å². The Morgan fingerprint density at radius 1 is 0.409 bits per heavy atom. The lowest BCUT2D eigenvalue weighted by Crippen LogP contribution is -2.11. The Morgan fingerprint density at radius 2 is 0.879 bits per heavy atom. The van der Waals surface area contributed by atoms with E-state index in [-0.39, 0.29) is 0 Å². The normalized spacial score (nSPS) is 13.6. The summed E-state index contributed by atoms with van der Waals surface area (Å²) in [6, 6.07) is 74.6. The maximum absolute atomic E-state index is 7.25. The molecule has 0 aliphatic carbocycles. The minimum atomic E-state index is 0.578. The highest BCUT2D eigenvalue weighted by Gasteiger charge is 2.27. The summed E-state index contributed by atoms with van der Waals surface area (Å²) in [5.41, 5.74) is 10.9. The average molecular weight is 842 g/mol. The standard InChI is InChI=1S/C62H39N3O/c1-37-28-55(63-62(49-25-23-39-13-3-5-15-41(39)30-49)64-59(37)48-24-22-38-12-2-4-14-40(38)29-48)51-27-26-50-54-33-44-18-8-11-21-47(44)36-58(54)66-61(50)60(51)65-56-34-45-19-9-6-16-42(45)31-52(56)53-32-43-17-7-10-20-46(43)35-57(53)65/h2-27,29-36H,28H2,1H3. The SMILES string of the molecule is CC1=C(c2ccc3ccccc3c2)N=C(c2ccc3ccccc3c2)N=C(c2ccc3c(oc4cc5ccccc5cc43)c2-n2c3cc4ccccc4cc3c3cc4ccccc4cc32)C1. The Bertz CT molecular complexity index is 4240. The van der Waals surface area contributed by atoms with Crippen LogP contribution in [-0.2, 0) is 0 Å². The van der Waals surface area contributed by atoms with Gasteiger partial charge in [0.25, 0.3) is 0 Å². The Balaban J connectivity index is 1.10. The minimum Gasteiger partial charge on any atom is -0.454 e. The van der Waals surface area contributed by atoms with E-state index < -0.39 is 0 Å². The van der Waals surface area contributed by atoms with Crippen molar-refractivity contribution in [2.24, 2.45) is 9.98 Å². The number of furan rings is 1. The molecule has 11 aromatic carbocycles. The fourth-order valence-corrected chi connectivity index (χ4v) is 10.6. The van der Waals surface area contributed by atoms with Crippen molar-refractivity contribution in [3.8, 4) is 5.69 Å². The number of benzene rings is 11. The van der Waals surface area contributed by atoms with Crippen LogP contribution in [0, 0.1) is 0 Å². The molecule has 0 bridgehead atoms. The zero-order valence-electron chi connectivity index (χ0n) is 36.1. The van der Waals surface area contributed by atoms with Crippen LogP contribution in [0.5, 0.6) is 0 Å². The number of fused-ring (bicyclic) bond motifs is 11. The van der Waals surface area contributed by atoms with E-state index in [1.165, 1.54) is 53.9 Å². The van der Waals surface area contributed by atoms with Crippen molar-refractivity contribution in [2.75, 3.05) is 0 Å². The molecule has 0 spiro atoms. The van der Waals surface area contributed by atoms with Crippen LogP contribution in [0.25, 0.3) is 109 Å². The first kappa shape index (κ1) is 36.8. The lowest BCUT2D eigenvalue weighted by atomic mass is 9.96. The second-order valence-electron chi connectivity index (χ2n) is 17.8. The van der Waals surface area contributed by atoms with Gasteiger partial charge in [-0.15, -0.1) is 0 Å². The maximum Gasteiger partial charge on any atom is 0.160 e. The van der Waals surface area contributed by atoms with Crippen molar-refractivity contribution in [3.05, 3.63) is 229 Å². The summed E-state index contributed by atoms with van der Waals surface area (Å²) in [6.07, 6.45) is 0.578. The molecular formula is C62H39N3O. The molecule has 13 aromatic rings. The van der Waals surface area contributed by atoms with E-state index >= 15 is 0 Å². The fraction of sp³-hybridized carbons (Fsp3) is 0.0323. The molecule has 2 aromatic heterocycles. The molecule has 1 aliphatic heterocycles. The molecule has 0 radical (unpaired) electrons. The summed E-state index contributed by atoms with van der Waals surface area (Å²) in [6.45, 7) is 2.22. The van der Waals surface area contributed by atoms with Gasteiger partial charge in [-0.3, -0.25) is 0 Å². The van der Waals surface area contributed by atoms with E-state index in [1.54, 1.807) is 0 Å². The molecule has 14 rings (SSSR count). The third-order valence-electron chi connectivity index (χ3n) is 13.8. The molecule has 4 heteroatoms. The van der Waals surface area contributed by atoms with Crippen LogP contribution in [0.4, 0.5) is 0 Å². The Morgan fingerprint density at radius 3 is 1.45 bits per heavy atom. The van der Waals surface area contributed by atoms with Gasteiger partial charge in [-0.05, 0) is 121 Å². The van der Waals surface area contributed by atoms with Crippen LogP contribution < -0.4 is 0 Å². The zero-order valence-corrected chi connectivity index (χ0v) is 36.1. The summed E-state index contributed by atoms with van der Waals surface area (Å²) in [5, 5.41) is 16.3. The predicted octanol–water partition coefficient (Wildman–Crippen LogP) is 16.5. The zero-order chi connectivity index (χ0) is 43.5. The summed E-state index contributed by atoms with van der Waals surface area (Å²) in [7, 11) is 0. The van der Waals surface area contributed by atoms with Crippen molar-refractivity contribution < 1.29 is 4.42 Å². The lowest BCUT2D eigenvalue weighted by Gasteiger charge is -2.17. The number of aliphatic imine (C=N–C) groups is 2. The molecule has 0 amide bonds. The van der Waals surface area contributed by atoms with Crippen molar-refractivity contribution in [2.45, 2.75) is 13.3 Å². The molecule has 0 N–H and O–H groups in total. The highest BCUT2D eigenvalue weighted by Crippen LogP contribution is 2.44. The monoisotopic (exact) mass is 841 g/mol. The van der Waals surface area contributed by atoms with Gasteiger partial charge >= 0.3 is 0 Å². The second kappa shape index (κ2) is 14.2. The van der Waals surface area contributed by atoms with Crippen molar-refractivity contribution in [1.29, 1.82) is 0 Å². The minimum absolute atomic E-state index is 0.578. The van der Waals surface area contributed by atoms with Crippen LogP contribution in [0.2, 0.25) is 0 Å². The molecule has 0 fully saturated rings. The molecule has 3 heterocycles. The molecule has 1 aliphatic rings. The fourth-order valence-electron chi connectivity index (χ4n) is 10.6. The van der Waals surface area contributed by atoms with Gasteiger partial charge in [0, 0.05) is 44.7 Å². The molecule has 308 valence electrons. The maximum atomic E-state index is 7.25. The Hall–Kier alpha value is -8.60. The molecular weight excluding hydrogens is 803 g/mol. The van der Waals surface area contributed by atoms with E-state index in [9.17, 15) is 0 Å². The molecule has 0 unspecified atom stereocenters. The van der Waals surface area contributed by atoms with Gasteiger partial charge in [0.2, 0.25) is 0 Å². The summed E-state index contributed by atoms with van der Waals surface area (Å²) < 4.78 is 9.72. The molecule has 0 saturated carbocycles. The van der Waals surface area contributed by atoms with Crippen LogP contribution in [0.3, 0.4) is 0 Å². The summed E-state index contributed by atoms with van der Waals surface area (Å²) >= 11 is 0. The van der Waals surface area contributed by atoms with Crippen molar-refractivity contribution in [3.63, 3.8) is 0 Å². The average Bonchev–Trinajstić information content (AvgIpc) is 3.80. The van der Waals surface area contributed by atoms with Gasteiger partial charge in [0.1, 0.15) is 5.58 Å². The lowest BCUT2D eigenvalue weighted by molar-refractivity contribution is 0.666. The topological polar surface area (TPSA) is 42.8 Å². The Kier molecular flexibility index (Phi) is 7.93. The van der Waals surface area contributed by atoms with E-state index in [0.717, 1.165) is 83.1 Å². The van der Waals surface area contributed by atoms with E-state index in [0.29, 0.717) is 12.3 Å². The molecule has 66 heavy (non-hydrogen) atoms. The number of rotatable bonds is 4. The van der Waals surface area contributed by atoms with E-state index in [1.807, 2.05) is 0 Å². The number of hydrogen-bond acceptors (Lipinski definition) is 3. The predicted molar refractivity (Wildman–Crippen MR) is 279 cm³/mol.